The molecule has 1 spiro atoms. The first-order chi connectivity index (χ1) is 9.72. The first kappa shape index (κ1) is 14.4. The molecule has 3 fully saturated rings. The molecule has 1 aliphatic heterocycles. The monoisotopic (exact) mass is 275 g/mol. The maximum Gasteiger partial charge on any atom is 0.122 e. The van der Waals surface area contributed by atoms with E-state index < -0.39 is 0 Å². The SMILES string of the molecule is CNC(C#N)(CN1CCC2(CCCCC2)CC1)C1CC1. The van der Waals surface area contributed by atoms with Crippen LogP contribution in [0.25, 0.3) is 0 Å². The van der Waals surface area contributed by atoms with Crippen LogP contribution in [0, 0.1) is 22.7 Å². The molecule has 3 nitrogen and oxygen atoms in total. The third kappa shape index (κ3) is 2.73. The van der Waals surface area contributed by atoms with Gasteiger partial charge in [-0.3, -0.25) is 0 Å². The predicted octanol–water partition coefficient (Wildman–Crippen LogP) is 2.92. The molecule has 1 N–H and O–H groups in total. The Morgan fingerprint density at radius 3 is 2.30 bits per heavy atom. The summed E-state index contributed by atoms with van der Waals surface area (Å²) in [5.41, 5.74) is 0.389. The Labute approximate surface area is 123 Å². The molecule has 112 valence electrons. The molecule has 3 heteroatoms. The van der Waals surface area contributed by atoms with Gasteiger partial charge in [-0.15, -0.1) is 0 Å². The zero-order chi connectivity index (χ0) is 14.1. The lowest BCUT2D eigenvalue weighted by molar-refractivity contribution is 0.0557. The number of hydrogen-bond acceptors (Lipinski definition) is 3. The van der Waals surface area contributed by atoms with Crippen LogP contribution in [-0.4, -0.2) is 37.1 Å². The average molecular weight is 275 g/mol. The van der Waals surface area contributed by atoms with Gasteiger partial charge in [-0.25, -0.2) is 0 Å². The van der Waals surface area contributed by atoms with Crippen molar-refractivity contribution in [3.63, 3.8) is 0 Å². The zero-order valence-corrected chi connectivity index (χ0v) is 13.0. The summed E-state index contributed by atoms with van der Waals surface area (Å²) in [5.74, 6) is 0.586. The molecule has 0 bridgehead atoms. The minimum atomic E-state index is -0.281. The molecule has 0 aromatic rings. The molecule has 3 rings (SSSR count). The normalized spacial score (nSPS) is 29.8. The fourth-order valence-electron chi connectivity index (χ4n) is 4.51. The van der Waals surface area contributed by atoms with Crippen molar-refractivity contribution in [2.75, 3.05) is 26.7 Å². The number of nitrogens with one attached hydrogen (secondary N) is 1. The number of nitriles is 1. The molecule has 0 radical (unpaired) electrons. The lowest BCUT2D eigenvalue weighted by atomic mass is 9.68. The third-order valence-corrected chi connectivity index (χ3v) is 6.22. The van der Waals surface area contributed by atoms with E-state index in [9.17, 15) is 5.26 Å². The fourth-order valence-corrected chi connectivity index (χ4v) is 4.51. The Hall–Kier alpha value is -0.590. The van der Waals surface area contributed by atoms with Crippen molar-refractivity contribution < 1.29 is 0 Å². The van der Waals surface area contributed by atoms with Gasteiger partial charge in [0, 0.05) is 6.54 Å². The zero-order valence-electron chi connectivity index (χ0n) is 13.0. The van der Waals surface area contributed by atoms with Crippen molar-refractivity contribution >= 4 is 0 Å². The number of hydrogen-bond donors (Lipinski definition) is 1. The largest absolute Gasteiger partial charge is 0.301 e. The highest BCUT2D eigenvalue weighted by Crippen LogP contribution is 2.45. The van der Waals surface area contributed by atoms with Gasteiger partial charge < -0.3 is 10.2 Å². The summed E-state index contributed by atoms with van der Waals surface area (Å²) in [5, 5.41) is 13.0. The van der Waals surface area contributed by atoms with E-state index in [1.54, 1.807) is 0 Å². The Balaban J connectivity index is 1.56. The third-order valence-electron chi connectivity index (χ3n) is 6.22. The summed E-state index contributed by atoms with van der Waals surface area (Å²) >= 11 is 0. The predicted molar refractivity (Wildman–Crippen MR) is 81.3 cm³/mol. The molecular formula is C17H29N3. The van der Waals surface area contributed by atoms with Gasteiger partial charge in [0.05, 0.1) is 6.07 Å². The summed E-state index contributed by atoms with van der Waals surface area (Å²) in [6.45, 7) is 3.34. The van der Waals surface area contributed by atoms with Crippen LogP contribution in [0.1, 0.15) is 57.8 Å². The molecule has 1 saturated heterocycles. The highest BCUT2D eigenvalue weighted by Gasteiger charge is 2.46. The quantitative estimate of drug-likeness (QED) is 0.857. The lowest BCUT2D eigenvalue weighted by Crippen LogP contribution is -2.55. The Kier molecular flexibility index (Phi) is 4.06. The molecule has 1 heterocycles. The van der Waals surface area contributed by atoms with Crippen LogP contribution in [0.3, 0.4) is 0 Å². The second-order valence-corrected chi connectivity index (χ2v) is 7.44. The second-order valence-electron chi connectivity index (χ2n) is 7.44. The van der Waals surface area contributed by atoms with E-state index in [4.69, 9.17) is 0 Å². The molecule has 0 aromatic carbocycles. The van der Waals surface area contributed by atoms with E-state index >= 15 is 0 Å². The van der Waals surface area contributed by atoms with Gasteiger partial charge in [0.15, 0.2) is 0 Å². The molecule has 2 aliphatic carbocycles. The van der Waals surface area contributed by atoms with Crippen molar-refractivity contribution in [3.8, 4) is 6.07 Å². The van der Waals surface area contributed by atoms with E-state index in [-0.39, 0.29) is 5.54 Å². The van der Waals surface area contributed by atoms with Gasteiger partial charge in [-0.05, 0) is 70.0 Å². The van der Waals surface area contributed by atoms with E-state index in [1.165, 1.54) is 70.9 Å². The van der Waals surface area contributed by atoms with E-state index in [0.717, 1.165) is 6.54 Å². The van der Waals surface area contributed by atoms with Crippen molar-refractivity contribution in [3.05, 3.63) is 0 Å². The van der Waals surface area contributed by atoms with Crippen LogP contribution in [0.4, 0.5) is 0 Å². The van der Waals surface area contributed by atoms with E-state index in [2.05, 4.69) is 16.3 Å². The summed E-state index contributed by atoms with van der Waals surface area (Å²) < 4.78 is 0. The van der Waals surface area contributed by atoms with Gasteiger partial charge in [-0.1, -0.05) is 19.3 Å². The first-order valence-corrected chi connectivity index (χ1v) is 8.55. The van der Waals surface area contributed by atoms with Gasteiger partial charge in [-0.2, -0.15) is 5.26 Å². The minimum Gasteiger partial charge on any atom is -0.301 e. The smallest absolute Gasteiger partial charge is 0.122 e. The fraction of sp³-hybridized carbons (Fsp3) is 0.941. The van der Waals surface area contributed by atoms with Crippen LogP contribution in [0.15, 0.2) is 0 Å². The van der Waals surface area contributed by atoms with Crippen LogP contribution < -0.4 is 5.32 Å². The highest BCUT2D eigenvalue weighted by atomic mass is 15.2. The first-order valence-electron chi connectivity index (χ1n) is 8.55. The minimum absolute atomic E-state index is 0.281. The number of rotatable bonds is 4. The van der Waals surface area contributed by atoms with Crippen molar-refractivity contribution in [2.45, 2.75) is 63.3 Å². The van der Waals surface area contributed by atoms with Crippen molar-refractivity contribution in [1.29, 1.82) is 5.26 Å². The molecule has 2 saturated carbocycles. The second kappa shape index (κ2) is 5.66. The van der Waals surface area contributed by atoms with Crippen LogP contribution in [0.2, 0.25) is 0 Å². The molecule has 0 amide bonds. The van der Waals surface area contributed by atoms with Gasteiger partial charge in [0.1, 0.15) is 5.54 Å². The van der Waals surface area contributed by atoms with Gasteiger partial charge in [0.25, 0.3) is 0 Å². The maximum absolute atomic E-state index is 9.62. The molecular weight excluding hydrogens is 246 g/mol. The Morgan fingerprint density at radius 2 is 1.80 bits per heavy atom. The average Bonchev–Trinajstić information content (AvgIpc) is 3.33. The molecule has 1 atom stereocenters. The van der Waals surface area contributed by atoms with Crippen LogP contribution in [0.5, 0.6) is 0 Å². The van der Waals surface area contributed by atoms with Crippen LogP contribution in [-0.2, 0) is 0 Å². The molecule has 0 aromatic heterocycles. The van der Waals surface area contributed by atoms with E-state index in [0.29, 0.717) is 11.3 Å². The number of likely N-dealkylation sites (tertiary alicyclic amines) is 1. The number of nitrogens with zero attached hydrogens (tertiary/aromatic N) is 2. The molecule has 20 heavy (non-hydrogen) atoms. The van der Waals surface area contributed by atoms with E-state index in [1.807, 2.05) is 7.05 Å². The van der Waals surface area contributed by atoms with Gasteiger partial charge >= 0.3 is 0 Å². The summed E-state index contributed by atoms with van der Waals surface area (Å²) in [4.78, 5) is 2.55. The lowest BCUT2D eigenvalue weighted by Gasteiger charge is -2.46. The topological polar surface area (TPSA) is 39.1 Å². The number of piperidine rings is 1. The maximum atomic E-state index is 9.62. The summed E-state index contributed by atoms with van der Waals surface area (Å²) in [6, 6.07) is 2.59. The Bertz CT molecular complexity index is 366. The molecule has 1 unspecified atom stereocenters. The molecule has 3 aliphatic rings. The summed E-state index contributed by atoms with van der Waals surface area (Å²) in [7, 11) is 1.97. The highest BCUT2D eigenvalue weighted by molar-refractivity contribution is 5.16. The van der Waals surface area contributed by atoms with Crippen LogP contribution >= 0.6 is 0 Å². The Morgan fingerprint density at radius 1 is 1.15 bits per heavy atom. The summed E-state index contributed by atoms with van der Waals surface area (Å²) in [6.07, 6.45) is 12.4. The van der Waals surface area contributed by atoms with Crippen molar-refractivity contribution in [2.24, 2.45) is 11.3 Å². The van der Waals surface area contributed by atoms with Crippen molar-refractivity contribution in [1.82, 2.24) is 10.2 Å². The number of likely N-dealkylation sites (N-methyl/N-ethyl adjacent to an activating group) is 1. The van der Waals surface area contributed by atoms with Gasteiger partial charge in [0.2, 0.25) is 0 Å². The standard InChI is InChI=1S/C17H29N3/c1-19-17(13-18,15-5-6-15)14-20-11-9-16(10-12-20)7-3-2-4-8-16/h15,19H,2-12,14H2,1H3.